The van der Waals surface area contributed by atoms with E-state index in [0.717, 1.165) is 11.5 Å². The minimum Gasteiger partial charge on any atom is -0.366 e. The fraction of sp³-hybridized carbons (Fsp3) is 0.588. The maximum absolute atomic E-state index is 11.0. The number of hydrogen-bond donors (Lipinski definition) is 1. The van der Waals surface area contributed by atoms with Crippen LogP contribution < -0.4 is 5.32 Å². The Kier molecular flexibility index (Phi) is 6.81. The van der Waals surface area contributed by atoms with Crippen LogP contribution in [0.1, 0.15) is 31.7 Å². The molecule has 4 heteroatoms. The second-order valence-electron chi connectivity index (χ2n) is 5.86. The average Bonchev–Trinajstić information content (AvgIpc) is 2.57. The summed E-state index contributed by atoms with van der Waals surface area (Å²) in [5.41, 5.74) is 1.16. The molecule has 0 spiro atoms. The zero-order valence-electron chi connectivity index (χ0n) is 13.1. The third-order valence-electron chi connectivity index (χ3n) is 4.28. The molecule has 1 aromatic rings. The molecule has 0 atom stereocenters. The predicted molar refractivity (Wildman–Crippen MR) is 88.8 cm³/mol. The summed E-state index contributed by atoms with van der Waals surface area (Å²) in [4.78, 5) is 13.6. The van der Waals surface area contributed by atoms with Crippen LogP contribution in [0.4, 0.5) is 4.79 Å². The number of hydrogen-bond acceptors (Lipinski definition) is 2. The topological polar surface area (TPSA) is 32.3 Å². The quantitative estimate of drug-likeness (QED) is 0.863. The Bertz CT molecular complexity index is 393. The molecule has 3 aliphatic rings. The number of nitrogens with one attached hydrogen (secondary N) is 1. The largest absolute Gasteiger partial charge is 0.366 e. The number of fused-ring (bicyclic) bond motifs is 3. The van der Waals surface area contributed by atoms with E-state index in [4.69, 9.17) is 0 Å². The molecule has 1 N–H and O–H groups in total. The van der Waals surface area contributed by atoms with Crippen molar-refractivity contribution in [3.8, 4) is 0 Å². The second kappa shape index (κ2) is 8.88. The van der Waals surface area contributed by atoms with Crippen molar-refractivity contribution in [3.63, 3.8) is 0 Å². The Morgan fingerprint density at radius 1 is 1.19 bits per heavy atom. The molecule has 2 bridgehead atoms. The number of nitrogens with zero attached hydrogens (tertiary/aromatic N) is 1. The molecule has 0 unspecified atom stereocenters. The average molecular weight is 285 g/mol. The van der Waals surface area contributed by atoms with Crippen LogP contribution in [0.25, 0.3) is 0 Å². The summed E-state index contributed by atoms with van der Waals surface area (Å²) in [6.07, 6.45) is 5.16. The van der Waals surface area contributed by atoms with E-state index in [0.29, 0.717) is 12.9 Å². The van der Waals surface area contributed by atoms with Gasteiger partial charge in [-0.25, -0.2) is 0 Å². The summed E-state index contributed by atoms with van der Waals surface area (Å²) in [5.74, 6) is 1.12. The van der Waals surface area contributed by atoms with Gasteiger partial charge in [0.15, 0.2) is 5.81 Å². The van der Waals surface area contributed by atoms with E-state index in [1.54, 1.807) is 7.28 Å². The molecular weight excluding hydrogens is 259 g/mol. The summed E-state index contributed by atoms with van der Waals surface area (Å²) >= 11 is 0. The zero-order valence-corrected chi connectivity index (χ0v) is 13.1. The number of amides is 1. The van der Waals surface area contributed by atoms with E-state index in [1.165, 1.54) is 38.9 Å². The van der Waals surface area contributed by atoms with Gasteiger partial charge in [0.1, 0.15) is 0 Å². The monoisotopic (exact) mass is 285 g/mol. The normalized spacial score (nSPS) is 22.9. The Morgan fingerprint density at radius 3 is 2.24 bits per heavy atom. The third-order valence-corrected chi connectivity index (χ3v) is 4.28. The predicted octanol–water partition coefficient (Wildman–Crippen LogP) is 2.72. The molecule has 3 fully saturated rings. The highest BCUT2D eigenvalue weighted by Crippen LogP contribution is 2.26. The molecule has 3 heterocycles. The van der Waals surface area contributed by atoms with Crippen LogP contribution >= 0.6 is 0 Å². The van der Waals surface area contributed by atoms with Gasteiger partial charge in [0.2, 0.25) is 7.28 Å². The first-order chi connectivity index (χ1) is 10.3. The highest BCUT2D eigenvalue weighted by atomic mass is 16.1. The van der Waals surface area contributed by atoms with Crippen LogP contribution in [-0.2, 0) is 6.32 Å². The van der Waals surface area contributed by atoms with Crippen molar-refractivity contribution in [1.82, 2.24) is 10.2 Å². The van der Waals surface area contributed by atoms with Crippen molar-refractivity contribution in [1.29, 1.82) is 0 Å². The van der Waals surface area contributed by atoms with Crippen molar-refractivity contribution in [2.75, 3.05) is 26.2 Å². The van der Waals surface area contributed by atoms with Gasteiger partial charge in [-0.05, 0) is 58.1 Å². The van der Waals surface area contributed by atoms with E-state index in [1.807, 2.05) is 37.3 Å². The maximum atomic E-state index is 11.0. The van der Waals surface area contributed by atoms with Crippen molar-refractivity contribution < 1.29 is 4.79 Å². The molecule has 113 valence electrons. The Balaban J connectivity index is 0.000000170. The lowest BCUT2D eigenvalue weighted by atomic mass is 9.71. The smallest absolute Gasteiger partial charge is 0.237 e. The summed E-state index contributed by atoms with van der Waals surface area (Å²) in [6, 6.07) is 9.93. The van der Waals surface area contributed by atoms with Crippen LogP contribution in [0.15, 0.2) is 30.3 Å². The van der Waals surface area contributed by atoms with E-state index in [2.05, 4.69) is 10.2 Å². The fourth-order valence-corrected chi connectivity index (χ4v) is 2.93. The summed E-state index contributed by atoms with van der Waals surface area (Å²) in [5, 5.41) is 2.72. The van der Waals surface area contributed by atoms with Gasteiger partial charge in [-0.15, -0.1) is 0 Å². The van der Waals surface area contributed by atoms with Crippen LogP contribution in [0.2, 0.25) is 0 Å². The number of piperidine rings is 3. The highest BCUT2D eigenvalue weighted by Gasteiger charge is 2.24. The number of rotatable bonds is 4. The van der Waals surface area contributed by atoms with E-state index < -0.39 is 0 Å². The van der Waals surface area contributed by atoms with Gasteiger partial charge in [-0.1, -0.05) is 35.9 Å². The molecule has 1 amide bonds. The van der Waals surface area contributed by atoms with Gasteiger partial charge in [-0.3, -0.25) is 4.79 Å². The molecule has 3 aliphatic heterocycles. The first-order valence-electron chi connectivity index (χ1n) is 8.15. The molecule has 3 saturated heterocycles. The molecule has 1 radical (unpaired) electrons. The summed E-state index contributed by atoms with van der Waals surface area (Å²) in [7, 11) is 1.67. The lowest BCUT2D eigenvalue weighted by Gasteiger charge is -2.38. The Hall–Kier alpha value is -1.29. The fourth-order valence-electron chi connectivity index (χ4n) is 2.93. The molecule has 0 aromatic heterocycles. The summed E-state index contributed by atoms with van der Waals surface area (Å²) < 4.78 is 0. The van der Waals surface area contributed by atoms with Crippen molar-refractivity contribution in [2.24, 2.45) is 5.92 Å². The lowest BCUT2D eigenvalue weighted by Crippen LogP contribution is -2.41. The van der Waals surface area contributed by atoms with Gasteiger partial charge >= 0.3 is 0 Å². The van der Waals surface area contributed by atoms with Gasteiger partial charge < -0.3 is 10.2 Å². The summed E-state index contributed by atoms with van der Waals surface area (Å²) in [6.45, 7) is 6.78. The van der Waals surface area contributed by atoms with Gasteiger partial charge in [0, 0.05) is 6.54 Å². The maximum Gasteiger partial charge on any atom is 0.237 e. The molecule has 4 rings (SSSR count). The van der Waals surface area contributed by atoms with E-state index >= 15 is 0 Å². The Labute approximate surface area is 129 Å². The SMILES string of the molecule is C1CN2CCC1CC2.CCNC(=O)[B]Cc1ccccc1. The first kappa shape index (κ1) is 16.1. The minimum absolute atomic E-state index is 0.00588. The number of carbonyl (C=O) groups is 1. The molecule has 1 aromatic carbocycles. The molecule has 3 nitrogen and oxygen atoms in total. The molecule has 0 saturated carbocycles. The number of carbonyl (C=O) groups excluding carboxylic acids is 1. The first-order valence-corrected chi connectivity index (χ1v) is 8.15. The van der Waals surface area contributed by atoms with Crippen molar-refractivity contribution >= 4 is 13.1 Å². The van der Waals surface area contributed by atoms with Crippen LogP contribution in [-0.4, -0.2) is 44.2 Å². The van der Waals surface area contributed by atoms with Crippen LogP contribution in [0, 0.1) is 5.92 Å². The third kappa shape index (κ3) is 5.92. The van der Waals surface area contributed by atoms with Gasteiger partial charge in [0.25, 0.3) is 0 Å². The second-order valence-corrected chi connectivity index (χ2v) is 5.86. The van der Waals surface area contributed by atoms with Gasteiger partial charge in [-0.2, -0.15) is 0 Å². The lowest BCUT2D eigenvalue weighted by molar-refractivity contribution is 0.111. The molecular formula is C17H26BN2O. The standard InChI is InChI=1S/C10H13BNO.C7H13N/c1-2-12-10(13)11-8-9-6-4-3-5-7-9;1-4-8-5-2-7(1)3-6-8/h3-7H,2,8H2,1H3,(H,12,13);7H,1-6H2. The zero-order chi connectivity index (χ0) is 14.9. The van der Waals surface area contributed by atoms with E-state index in [-0.39, 0.29) is 5.81 Å². The molecule has 21 heavy (non-hydrogen) atoms. The van der Waals surface area contributed by atoms with Crippen molar-refractivity contribution in [2.45, 2.75) is 32.5 Å². The molecule has 0 aliphatic carbocycles. The highest BCUT2D eigenvalue weighted by molar-refractivity contribution is 6.73. The van der Waals surface area contributed by atoms with Crippen LogP contribution in [0.3, 0.4) is 0 Å². The van der Waals surface area contributed by atoms with Crippen molar-refractivity contribution in [3.05, 3.63) is 35.9 Å². The van der Waals surface area contributed by atoms with E-state index in [9.17, 15) is 4.79 Å². The van der Waals surface area contributed by atoms with Crippen LogP contribution in [0.5, 0.6) is 0 Å². The minimum atomic E-state index is 0.00588. The van der Waals surface area contributed by atoms with Gasteiger partial charge in [0.05, 0.1) is 0 Å². The Morgan fingerprint density at radius 2 is 1.81 bits per heavy atom. The number of benzene rings is 1.